The van der Waals surface area contributed by atoms with Crippen LogP contribution in [0.2, 0.25) is 0 Å². The second kappa shape index (κ2) is 10.9. The first kappa shape index (κ1) is 22.1. The molecule has 3 rings (SSSR count). The summed E-state index contributed by atoms with van der Waals surface area (Å²) < 4.78 is 0. The van der Waals surface area contributed by atoms with Gasteiger partial charge in [-0.3, -0.25) is 9.79 Å². The van der Waals surface area contributed by atoms with Gasteiger partial charge in [0.2, 0.25) is 5.91 Å². The van der Waals surface area contributed by atoms with E-state index in [-0.39, 0.29) is 11.9 Å². The molecule has 1 saturated carbocycles. The van der Waals surface area contributed by atoms with E-state index in [9.17, 15) is 4.79 Å². The molecule has 0 aromatic carbocycles. The molecule has 2 aliphatic heterocycles. The zero-order valence-electron chi connectivity index (χ0n) is 16.9. The molecule has 3 aliphatic rings. The standard InChI is InChI=1S/C18H23N3O.2C2H6/c1-3-15(9-13(2)14-5-4-8-19-11-14)21-17(22)16-10-18(6-7-18)12-20-16;2*1-2/h3,8-9,11,16,20H,1-2,4-7,10,12H2,(H,21,22);2*1-2H3/b15-9+;;. The van der Waals surface area contributed by atoms with Crippen LogP contribution in [0.1, 0.15) is 59.8 Å². The largest absolute Gasteiger partial charge is 0.325 e. The van der Waals surface area contributed by atoms with Crippen LogP contribution in [0.5, 0.6) is 0 Å². The monoisotopic (exact) mass is 357 g/mol. The van der Waals surface area contributed by atoms with Crippen molar-refractivity contribution in [2.45, 2.75) is 65.8 Å². The van der Waals surface area contributed by atoms with Crippen LogP contribution in [0.3, 0.4) is 0 Å². The first-order valence-electron chi connectivity index (χ1n) is 9.90. The van der Waals surface area contributed by atoms with Crippen LogP contribution in [0.25, 0.3) is 0 Å². The van der Waals surface area contributed by atoms with Gasteiger partial charge in [-0.2, -0.15) is 0 Å². The predicted molar refractivity (Wildman–Crippen MR) is 112 cm³/mol. The van der Waals surface area contributed by atoms with Gasteiger partial charge in [-0.25, -0.2) is 0 Å². The fourth-order valence-electron chi connectivity index (χ4n) is 3.06. The van der Waals surface area contributed by atoms with E-state index in [1.165, 1.54) is 12.8 Å². The molecule has 4 nitrogen and oxygen atoms in total. The second-order valence-electron chi connectivity index (χ2n) is 6.48. The van der Waals surface area contributed by atoms with Crippen molar-refractivity contribution < 1.29 is 4.79 Å². The molecule has 1 atom stereocenters. The summed E-state index contributed by atoms with van der Waals surface area (Å²) in [7, 11) is 0. The molecule has 2 N–H and O–H groups in total. The molecular weight excluding hydrogens is 322 g/mol. The minimum absolute atomic E-state index is 0.0263. The van der Waals surface area contributed by atoms with Crippen molar-refractivity contribution in [2.75, 3.05) is 6.54 Å². The van der Waals surface area contributed by atoms with Gasteiger partial charge in [0.1, 0.15) is 0 Å². The van der Waals surface area contributed by atoms with Crippen LogP contribution < -0.4 is 10.6 Å². The summed E-state index contributed by atoms with van der Waals surface area (Å²) in [5.41, 5.74) is 3.09. The maximum atomic E-state index is 12.4. The highest BCUT2D eigenvalue weighted by Crippen LogP contribution is 2.51. The number of aliphatic imine (C=N–C) groups is 1. The van der Waals surface area contributed by atoms with E-state index in [0.29, 0.717) is 11.1 Å². The summed E-state index contributed by atoms with van der Waals surface area (Å²) in [6, 6.07) is -0.0855. The minimum Gasteiger partial charge on any atom is -0.325 e. The molecule has 0 bridgehead atoms. The molecule has 1 amide bonds. The van der Waals surface area contributed by atoms with Gasteiger partial charge in [-0.05, 0) is 60.8 Å². The lowest BCUT2D eigenvalue weighted by molar-refractivity contribution is -0.122. The Bertz CT molecular complexity index is 595. The smallest absolute Gasteiger partial charge is 0.241 e. The lowest BCUT2D eigenvalue weighted by Gasteiger charge is -2.14. The number of hydrogen-bond donors (Lipinski definition) is 2. The summed E-state index contributed by atoms with van der Waals surface area (Å²) in [6.45, 7) is 16.8. The minimum atomic E-state index is -0.0855. The molecule has 4 heteroatoms. The molecular formula is C22H35N3O. The van der Waals surface area contributed by atoms with Crippen LogP contribution in [0.4, 0.5) is 0 Å². The third-order valence-electron chi connectivity index (χ3n) is 4.74. The normalized spacial score (nSPS) is 22.2. The number of rotatable bonds is 5. The fourth-order valence-corrected chi connectivity index (χ4v) is 3.06. The molecule has 2 heterocycles. The van der Waals surface area contributed by atoms with Crippen molar-refractivity contribution in [2.24, 2.45) is 10.4 Å². The number of amides is 1. The number of nitrogens with zero attached hydrogens (tertiary/aromatic N) is 1. The molecule has 1 spiro atoms. The lowest BCUT2D eigenvalue weighted by atomic mass is 10.0. The van der Waals surface area contributed by atoms with Crippen LogP contribution in [-0.2, 0) is 4.79 Å². The maximum Gasteiger partial charge on any atom is 0.241 e. The molecule has 144 valence electrons. The van der Waals surface area contributed by atoms with Crippen molar-refractivity contribution in [1.82, 2.24) is 10.6 Å². The highest BCUT2D eigenvalue weighted by molar-refractivity contribution is 5.84. The Morgan fingerprint density at radius 1 is 1.35 bits per heavy atom. The van der Waals surface area contributed by atoms with Gasteiger partial charge >= 0.3 is 0 Å². The Labute approximate surface area is 159 Å². The molecule has 0 radical (unpaired) electrons. The molecule has 0 aromatic heterocycles. The third-order valence-corrected chi connectivity index (χ3v) is 4.74. The van der Waals surface area contributed by atoms with Crippen molar-refractivity contribution in [3.8, 4) is 0 Å². The van der Waals surface area contributed by atoms with Crippen LogP contribution in [-0.4, -0.2) is 24.7 Å². The Balaban J connectivity index is 0.000000791. The first-order chi connectivity index (χ1) is 12.6. The number of carbonyl (C=O) groups excluding carboxylic acids is 1. The SMILES string of the molecule is C=C/C(=C\C(=C)C1=CN=CCC1)NC(=O)C1CC2(CC2)CN1.CC.CC. The van der Waals surface area contributed by atoms with Crippen molar-refractivity contribution in [3.63, 3.8) is 0 Å². The number of nitrogens with one attached hydrogen (secondary N) is 2. The average Bonchev–Trinajstić information content (AvgIpc) is 3.33. The quantitative estimate of drug-likeness (QED) is 0.702. The number of hydrogen-bond acceptors (Lipinski definition) is 3. The van der Waals surface area contributed by atoms with Crippen LogP contribution >= 0.6 is 0 Å². The van der Waals surface area contributed by atoms with Gasteiger partial charge in [-0.1, -0.05) is 40.9 Å². The van der Waals surface area contributed by atoms with E-state index in [1.54, 1.807) is 6.08 Å². The van der Waals surface area contributed by atoms with E-state index < -0.39 is 0 Å². The van der Waals surface area contributed by atoms with Crippen molar-refractivity contribution in [3.05, 3.63) is 48.4 Å². The summed E-state index contributed by atoms with van der Waals surface area (Å²) in [6.07, 6.45) is 12.6. The van der Waals surface area contributed by atoms with E-state index in [2.05, 4.69) is 28.8 Å². The maximum absolute atomic E-state index is 12.4. The zero-order valence-corrected chi connectivity index (χ0v) is 16.9. The molecule has 1 aliphatic carbocycles. The van der Waals surface area contributed by atoms with Gasteiger partial charge in [-0.15, -0.1) is 0 Å². The molecule has 1 unspecified atom stereocenters. The van der Waals surface area contributed by atoms with Gasteiger partial charge in [0.05, 0.1) is 6.04 Å². The molecule has 2 fully saturated rings. The van der Waals surface area contributed by atoms with Crippen molar-refractivity contribution in [1.29, 1.82) is 0 Å². The Morgan fingerprint density at radius 2 is 2.04 bits per heavy atom. The number of carbonyl (C=O) groups is 1. The summed E-state index contributed by atoms with van der Waals surface area (Å²) in [5, 5.41) is 6.29. The molecule has 0 aromatic rings. The molecule has 1 saturated heterocycles. The fraction of sp³-hybridized carbons (Fsp3) is 0.545. The summed E-state index contributed by atoms with van der Waals surface area (Å²) >= 11 is 0. The van der Waals surface area contributed by atoms with Gasteiger partial charge in [0, 0.05) is 24.7 Å². The summed E-state index contributed by atoms with van der Waals surface area (Å²) in [5.74, 6) is 0.0263. The van der Waals surface area contributed by atoms with Gasteiger partial charge in [0.25, 0.3) is 0 Å². The van der Waals surface area contributed by atoms with E-state index >= 15 is 0 Å². The van der Waals surface area contributed by atoms with Crippen molar-refractivity contribution >= 4 is 12.1 Å². The molecule has 26 heavy (non-hydrogen) atoms. The average molecular weight is 358 g/mol. The third kappa shape index (κ3) is 6.10. The van der Waals surface area contributed by atoms with Gasteiger partial charge < -0.3 is 10.6 Å². The Hall–Kier alpha value is -1.94. The first-order valence-corrected chi connectivity index (χ1v) is 9.90. The van der Waals surface area contributed by atoms with E-state index in [0.717, 1.165) is 37.0 Å². The predicted octanol–water partition coefficient (Wildman–Crippen LogP) is 4.67. The summed E-state index contributed by atoms with van der Waals surface area (Å²) in [4.78, 5) is 16.5. The zero-order chi connectivity index (χ0) is 19.6. The van der Waals surface area contributed by atoms with Crippen LogP contribution in [0, 0.1) is 5.41 Å². The van der Waals surface area contributed by atoms with Gasteiger partial charge in [0.15, 0.2) is 0 Å². The van der Waals surface area contributed by atoms with E-state index in [4.69, 9.17) is 0 Å². The Morgan fingerprint density at radius 3 is 2.54 bits per heavy atom. The van der Waals surface area contributed by atoms with Crippen LogP contribution in [0.15, 0.2) is 53.3 Å². The number of allylic oxidation sites excluding steroid dienone is 4. The highest BCUT2D eigenvalue weighted by atomic mass is 16.2. The topological polar surface area (TPSA) is 53.5 Å². The highest BCUT2D eigenvalue weighted by Gasteiger charge is 2.49. The Kier molecular flexibility index (Phi) is 9.28. The second-order valence-corrected chi connectivity index (χ2v) is 6.48. The van der Waals surface area contributed by atoms with E-state index in [1.807, 2.05) is 46.2 Å². The lowest BCUT2D eigenvalue weighted by Crippen LogP contribution is -2.39.